The zero-order chi connectivity index (χ0) is 10.8. The van der Waals surface area contributed by atoms with Gasteiger partial charge in [-0.3, -0.25) is 0 Å². The van der Waals surface area contributed by atoms with Crippen LogP contribution in [0.25, 0.3) is 0 Å². The summed E-state index contributed by atoms with van der Waals surface area (Å²) in [5.74, 6) is 0.549. The van der Waals surface area contributed by atoms with Crippen molar-refractivity contribution >= 4 is 23.2 Å². The van der Waals surface area contributed by atoms with Crippen LogP contribution in [0.3, 0.4) is 0 Å². The van der Waals surface area contributed by atoms with Gasteiger partial charge >= 0.3 is 0 Å². The van der Waals surface area contributed by atoms with Crippen LogP contribution in [0, 0.1) is 5.92 Å². The van der Waals surface area contributed by atoms with E-state index in [1.54, 1.807) is 0 Å². The van der Waals surface area contributed by atoms with E-state index >= 15 is 0 Å². The normalized spacial score (nSPS) is 17.8. The molecule has 1 unspecified atom stereocenters. The molecule has 0 aliphatic heterocycles. The Balaban J connectivity index is 1.89. The Bertz CT molecular complexity index is 347. The van der Waals surface area contributed by atoms with Gasteiger partial charge in [-0.15, -0.1) is 0 Å². The highest BCUT2D eigenvalue weighted by atomic mass is 35.5. The van der Waals surface area contributed by atoms with Crippen LogP contribution >= 0.6 is 23.2 Å². The van der Waals surface area contributed by atoms with Crippen LogP contribution in [0.4, 0.5) is 0 Å². The molecule has 0 spiro atoms. The lowest BCUT2D eigenvalue weighted by molar-refractivity contribution is 0.142. The van der Waals surface area contributed by atoms with E-state index in [0.717, 1.165) is 18.4 Å². The molecule has 1 nitrogen and oxygen atoms in total. The lowest BCUT2D eigenvalue weighted by Gasteiger charge is -2.09. The van der Waals surface area contributed by atoms with Crippen molar-refractivity contribution in [2.45, 2.75) is 31.8 Å². The quantitative estimate of drug-likeness (QED) is 0.857. The minimum absolute atomic E-state index is 0.139. The Morgan fingerprint density at radius 1 is 1.27 bits per heavy atom. The molecule has 0 amide bonds. The average molecular weight is 245 g/mol. The van der Waals surface area contributed by atoms with Gasteiger partial charge in [0, 0.05) is 0 Å². The number of aryl methyl sites for hydroxylation is 1. The van der Waals surface area contributed by atoms with Crippen molar-refractivity contribution in [3.05, 3.63) is 33.8 Å². The number of aliphatic hydroxyl groups excluding tert-OH is 1. The van der Waals surface area contributed by atoms with E-state index in [1.807, 2.05) is 18.2 Å². The monoisotopic (exact) mass is 244 g/mol. The number of halogens is 2. The van der Waals surface area contributed by atoms with Crippen molar-refractivity contribution in [2.75, 3.05) is 0 Å². The molecule has 15 heavy (non-hydrogen) atoms. The number of benzene rings is 1. The molecule has 0 radical (unpaired) electrons. The lowest BCUT2D eigenvalue weighted by atomic mass is 10.0. The number of aliphatic hydroxyl groups is 1. The highest BCUT2D eigenvalue weighted by Crippen LogP contribution is 2.34. The minimum Gasteiger partial charge on any atom is -0.393 e. The highest BCUT2D eigenvalue weighted by molar-refractivity contribution is 6.42. The van der Waals surface area contributed by atoms with Gasteiger partial charge in [-0.25, -0.2) is 0 Å². The van der Waals surface area contributed by atoms with Gasteiger partial charge < -0.3 is 5.11 Å². The summed E-state index contributed by atoms with van der Waals surface area (Å²) in [7, 11) is 0. The summed E-state index contributed by atoms with van der Waals surface area (Å²) in [6.07, 6.45) is 3.92. The van der Waals surface area contributed by atoms with Crippen LogP contribution in [0.15, 0.2) is 18.2 Å². The van der Waals surface area contributed by atoms with E-state index < -0.39 is 0 Å². The standard InChI is InChI=1S/C12H14Cl2O/c13-10-5-1-8(7-11(10)14)2-6-12(15)9-3-4-9/h1,5,7,9,12,15H,2-4,6H2. The minimum atomic E-state index is -0.139. The van der Waals surface area contributed by atoms with Crippen LogP contribution in [0.5, 0.6) is 0 Å². The highest BCUT2D eigenvalue weighted by Gasteiger charge is 2.29. The summed E-state index contributed by atoms with van der Waals surface area (Å²) in [6, 6.07) is 5.65. The molecule has 0 aromatic heterocycles. The SMILES string of the molecule is OC(CCc1ccc(Cl)c(Cl)c1)C1CC1. The molecule has 1 fully saturated rings. The third-order valence-corrected chi connectivity index (χ3v) is 3.62. The van der Waals surface area contributed by atoms with Crippen LogP contribution in [0.1, 0.15) is 24.8 Å². The molecule has 1 saturated carbocycles. The van der Waals surface area contributed by atoms with Crippen molar-refractivity contribution in [2.24, 2.45) is 5.92 Å². The number of hydrogen-bond donors (Lipinski definition) is 1. The van der Waals surface area contributed by atoms with Gasteiger partial charge in [0.1, 0.15) is 0 Å². The summed E-state index contributed by atoms with van der Waals surface area (Å²) in [5.41, 5.74) is 1.14. The fraction of sp³-hybridized carbons (Fsp3) is 0.500. The first-order chi connectivity index (χ1) is 7.16. The smallest absolute Gasteiger partial charge is 0.0595 e. The summed E-state index contributed by atoms with van der Waals surface area (Å²) in [4.78, 5) is 0. The molecular formula is C12H14Cl2O. The maximum absolute atomic E-state index is 9.72. The van der Waals surface area contributed by atoms with Crippen LogP contribution in [0.2, 0.25) is 10.0 Å². The second-order valence-electron chi connectivity index (χ2n) is 4.19. The van der Waals surface area contributed by atoms with Gasteiger partial charge in [0.15, 0.2) is 0 Å². The van der Waals surface area contributed by atoms with Crippen molar-refractivity contribution in [1.82, 2.24) is 0 Å². The zero-order valence-electron chi connectivity index (χ0n) is 8.42. The summed E-state index contributed by atoms with van der Waals surface area (Å²) in [5, 5.41) is 10.9. The lowest BCUT2D eigenvalue weighted by Crippen LogP contribution is -2.10. The van der Waals surface area contributed by atoms with Crippen molar-refractivity contribution in [3.63, 3.8) is 0 Å². The fourth-order valence-corrected chi connectivity index (χ4v) is 2.05. The van der Waals surface area contributed by atoms with Gasteiger partial charge in [-0.05, 0) is 49.3 Å². The predicted octanol–water partition coefficient (Wildman–Crippen LogP) is 3.70. The van der Waals surface area contributed by atoms with E-state index in [2.05, 4.69) is 0 Å². The van der Waals surface area contributed by atoms with E-state index in [0.29, 0.717) is 16.0 Å². The van der Waals surface area contributed by atoms with Crippen LogP contribution in [-0.2, 0) is 6.42 Å². The average Bonchev–Trinajstić information content (AvgIpc) is 3.03. The van der Waals surface area contributed by atoms with Gasteiger partial charge in [0.2, 0.25) is 0 Å². The van der Waals surface area contributed by atoms with Crippen LogP contribution in [-0.4, -0.2) is 11.2 Å². The number of rotatable bonds is 4. The first-order valence-electron chi connectivity index (χ1n) is 5.29. The van der Waals surface area contributed by atoms with Crippen LogP contribution < -0.4 is 0 Å². The second-order valence-corrected chi connectivity index (χ2v) is 5.01. The Hall–Kier alpha value is -0.240. The molecule has 1 aromatic carbocycles. The Morgan fingerprint density at radius 3 is 2.60 bits per heavy atom. The molecule has 1 aromatic rings. The maximum Gasteiger partial charge on any atom is 0.0595 e. The molecule has 2 rings (SSSR count). The van der Waals surface area contributed by atoms with Crippen molar-refractivity contribution in [1.29, 1.82) is 0 Å². The molecule has 0 bridgehead atoms. The van der Waals surface area contributed by atoms with E-state index in [9.17, 15) is 5.11 Å². The fourth-order valence-electron chi connectivity index (χ4n) is 1.73. The zero-order valence-corrected chi connectivity index (χ0v) is 9.93. The first kappa shape index (κ1) is 11.3. The molecule has 1 atom stereocenters. The predicted molar refractivity (Wildman–Crippen MR) is 63.5 cm³/mol. The molecule has 0 saturated heterocycles. The van der Waals surface area contributed by atoms with Gasteiger partial charge in [0.25, 0.3) is 0 Å². The number of hydrogen-bond acceptors (Lipinski definition) is 1. The van der Waals surface area contributed by atoms with E-state index in [1.165, 1.54) is 12.8 Å². The summed E-state index contributed by atoms with van der Waals surface area (Å²) < 4.78 is 0. The Labute approximate surface area is 100 Å². The molecule has 1 N–H and O–H groups in total. The summed E-state index contributed by atoms with van der Waals surface area (Å²) in [6.45, 7) is 0. The first-order valence-corrected chi connectivity index (χ1v) is 6.04. The summed E-state index contributed by atoms with van der Waals surface area (Å²) >= 11 is 11.7. The molecule has 0 heterocycles. The van der Waals surface area contributed by atoms with Gasteiger partial charge in [0.05, 0.1) is 16.1 Å². The van der Waals surface area contributed by atoms with Gasteiger partial charge in [-0.1, -0.05) is 29.3 Å². The Morgan fingerprint density at radius 2 is 2.00 bits per heavy atom. The Kier molecular flexibility index (Phi) is 3.55. The topological polar surface area (TPSA) is 20.2 Å². The van der Waals surface area contributed by atoms with Crippen molar-refractivity contribution in [3.8, 4) is 0 Å². The molecule has 82 valence electrons. The molecular weight excluding hydrogens is 231 g/mol. The second kappa shape index (κ2) is 4.73. The third-order valence-electron chi connectivity index (χ3n) is 2.88. The third kappa shape index (κ3) is 3.10. The van der Waals surface area contributed by atoms with Crippen molar-refractivity contribution < 1.29 is 5.11 Å². The van der Waals surface area contributed by atoms with E-state index in [4.69, 9.17) is 23.2 Å². The molecule has 3 heteroatoms. The largest absolute Gasteiger partial charge is 0.393 e. The molecule has 1 aliphatic carbocycles. The van der Waals surface area contributed by atoms with E-state index in [-0.39, 0.29) is 6.10 Å². The van der Waals surface area contributed by atoms with Gasteiger partial charge in [-0.2, -0.15) is 0 Å². The molecule has 1 aliphatic rings. The maximum atomic E-state index is 9.72.